The van der Waals surface area contributed by atoms with Gasteiger partial charge in [-0.15, -0.1) is 0 Å². The van der Waals surface area contributed by atoms with Crippen LogP contribution in [0.5, 0.6) is 5.75 Å². The van der Waals surface area contributed by atoms with Gasteiger partial charge in [-0.3, -0.25) is 14.5 Å². The first-order valence-corrected chi connectivity index (χ1v) is 10.6. The van der Waals surface area contributed by atoms with E-state index in [1.54, 1.807) is 24.4 Å². The summed E-state index contributed by atoms with van der Waals surface area (Å²) in [5.41, 5.74) is 7.74. The van der Waals surface area contributed by atoms with Crippen molar-refractivity contribution in [3.63, 3.8) is 0 Å². The molecule has 170 valence electrons. The van der Waals surface area contributed by atoms with E-state index in [0.717, 1.165) is 5.69 Å². The van der Waals surface area contributed by atoms with Crippen molar-refractivity contribution >= 4 is 39.3 Å². The molecule has 5 aromatic rings. The second-order valence-electron chi connectivity index (χ2n) is 7.94. The van der Waals surface area contributed by atoms with Crippen molar-refractivity contribution in [2.24, 2.45) is 0 Å². The predicted molar refractivity (Wildman–Crippen MR) is 127 cm³/mol. The van der Waals surface area contributed by atoms with Gasteiger partial charge in [0.2, 0.25) is 5.95 Å². The number of halogens is 1. The molecule has 0 saturated carbocycles. The Labute approximate surface area is 191 Å². The van der Waals surface area contributed by atoms with E-state index in [1.807, 2.05) is 12.1 Å². The lowest BCUT2D eigenvalue weighted by Gasteiger charge is -2.27. The average Bonchev–Trinajstić information content (AvgIpc) is 3.34. The number of pyridine rings is 1. The van der Waals surface area contributed by atoms with Crippen LogP contribution in [0.3, 0.4) is 0 Å². The molecule has 0 amide bonds. The van der Waals surface area contributed by atoms with Gasteiger partial charge in [0.1, 0.15) is 17.7 Å². The summed E-state index contributed by atoms with van der Waals surface area (Å²) in [6.45, 7) is 0.963. The predicted octanol–water partition coefficient (Wildman–Crippen LogP) is 2.66. The molecule has 5 N–H and O–H groups in total. The Morgan fingerprint density at radius 1 is 1.21 bits per heavy atom. The number of H-pyrrole nitrogens is 1. The molecule has 3 aromatic heterocycles. The van der Waals surface area contributed by atoms with Crippen LogP contribution >= 0.6 is 0 Å². The van der Waals surface area contributed by atoms with Crippen LogP contribution in [0.2, 0.25) is 0 Å². The molecule has 10 nitrogen and oxygen atoms in total. The number of hydrogen-bond donors (Lipinski definition) is 4. The van der Waals surface area contributed by atoms with Gasteiger partial charge in [0.15, 0.2) is 5.65 Å². The number of ether oxygens (including phenoxy) is 1. The number of aromatic amines is 1. The van der Waals surface area contributed by atoms with E-state index in [2.05, 4.69) is 30.8 Å². The molecule has 6 rings (SSSR count). The second-order valence-corrected chi connectivity index (χ2v) is 7.94. The van der Waals surface area contributed by atoms with Crippen molar-refractivity contribution < 1.29 is 9.13 Å². The topological polar surface area (TPSA) is 136 Å². The van der Waals surface area contributed by atoms with Crippen molar-refractivity contribution in [1.29, 1.82) is 0 Å². The molecule has 4 heterocycles. The number of hydrogen-bond acceptors (Lipinski definition) is 8. The van der Waals surface area contributed by atoms with E-state index < -0.39 is 11.4 Å². The largest absolute Gasteiger partial charge is 0.485 e. The lowest BCUT2D eigenvalue weighted by molar-refractivity contribution is 0.218. The highest BCUT2D eigenvalue weighted by atomic mass is 19.1. The summed E-state index contributed by atoms with van der Waals surface area (Å²) in [6.07, 6.45) is 2.80. The maximum Gasteiger partial charge on any atom is 0.267 e. The second kappa shape index (κ2) is 7.73. The maximum atomic E-state index is 14.7. The van der Waals surface area contributed by atoms with E-state index in [4.69, 9.17) is 10.5 Å². The number of nitrogens with zero attached hydrogens (tertiary/aromatic N) is 4. The van der Waals surface area contributed by atoms with Crippen LogP contribution in [0.15, 0.2) is 59.7 Å². The maximum absolute atomic E-state index is 14.7. The number of nitrogen functional groups attached to an aromatic ring is 1. The van der Waals surface area contributed by atoms with E-state index in [9.17, 15) is 9.18 Å². The summed E-state index contributed by atoms with van der Waals surface area (Å²) < 4.78 is 21.9. The minimum Gasteiger partial charge on any atom is -0.485 e. The number of fused-ring (bicyclic) bond motifs is 4. The van der Waals surface area contributed by atoms with Gasteiger partial charge >= 0.3 is 0 Å². The van der Waals surface area contributed by atoms with Crippen LogP contribution < -0.4 is 26.7 Å². The zero-order valence-electron chi connectivity index (χ0n) is 17.7. The third kappa shape index (κ3) is 3.25. The molecular weight excluding hydrogens is 439 g/mol. The highest BCUT2D eigenvalue weighted by molar-refractivity contribution is 6.02. The molecule has 2 aromatic carbocycles. The van der Waals surface area contributed by atoms with Crippen LogP contribution in [0.4, 0.5) is 21.7 Å². The number of nitrogens with one attached hydrogen (secondary N) is 3. The molecule has 1 aliphatic heterocycles. The fraction of sp³-hybridized carbons (Fsp3) is 0.130. The van der Waals surface area contributed by atoms with Gasteiger partial charge in [0, 0.05) is 11.9 Å². The zero-order chi connectivity index (χ0) is 23.2. The Balaban J connectivity index is 1.37. The molecular formula is C23H19FN8O2. The lowest BCUT2D eigenvalue weighted by atomic mass is 10.2. The molecule has 34 heavy (non-hydrogen) atoms. The van der Waals surface area contributed by atoms with Crippen molar-refractivity contribution in [1.82, 2.24) is 24.7 Å². The average molecular weight is 458 g/mol. The van der Waals surface area contributed by atoms with Gasteiger partial charge in [-0.25, -0.2) is 9.37 Å². The fourth-order valence-electron chi connectivity index (χ4n) is 4.08. The molecule has 0 fully saturated rings. The summed E-state index contributed by atoms with van der Waals surface area (Å²) >= 11 is 0. The Morgan fingerprint density at radius 3 is 2.97 bits per heavy atom. The number of anilines is 3. The third-order valence-electron chi connectivity index (χ3n) is 5.72. The first-order valence-electron chi connectivity index (χ1n) is 10.6. The van der Waals surface area contributed by atoms with Crippen LogP contribution in [-0.2, 0) is 0 Å². The standard InChI is InChI=1S/C23H19FN8O2/c24-16-3-1-2-4-18(16)32-21-14(20-15(22(32)33)11-29-31-20)10-28-23(30-21)27-9-13-8-26-17-7-12(25)5-6-19(17)34-13/h1-7,10-11,13,26H,8-9,25H2,(H,29,31)(H,27,28,30)/t13-/m1/s1. The molecule has 0 unspecified atom stereocenters. The first kappa shape index (κ1) is 20.0. The number of benzene rings is 2. The summed E-state index contributed by atoms with van der Waals surface area (Å²) in [5, 5.41) is 14.1. The smallest absolute Gasteiger partial charge is 0.267 e. The number of rotatable bonds is 4. The van der Waals surface area contributed by atoms with E-state index in [0.29, 0.717) is 40.8 Å². The van der Waals surface area contributed by atoms with Crippen molar-refractivity contribution in [2.45, 2.75) is 6.10 Å². The third-order valence-corrected chi connectivity index (χ3v) is 5.72. The SMILES string of the molecule is Nc1ccc2c(c1)NC[C@H](CNc1ncc3c4[nH]ncc4c(=O)n(-c4ccccc4F)c3n1)O2. The summed E-state index contributed by atoms with van der Waals surface area (Å²) in [6, 6.07) is 11.5. The summed E-state index contributed by atoms with van der Waals surface area (Å²) in [4.78, 5) is 22.2. The van der Waals surface area contributed by atoms with E-state index in [-0.39, 0.29) is 23.4 Å². The number of para-hydroxylation sites is 1. The van der Waals surface area contributed by atoms with E-state index >= 15 is 0 Å². The van der Waals surface area contributed by atoms with Crippen LogP contribution in [-0.4, -0.2) is 43.9 Å². The van der Waals surface area contributed by atoms with Crippen molar-refractivity contribution in [2.75, 3.05) is 29.5 Å². The monoisotopic (exact) mass is 458 g/mol. The van der Waals surface area contributed by atoms with Crippen molar-refractivity contribution in [3.05, 3.63) is 71.0 Å². The summed E-state index contributed by atoms with van der Waals surface area (Å²) in [5.74, 6) is 0.451. The number of nitrogens with two attached hydrogens (primary N) is 1. The highest BCUT2D eigenvalue weighted by Gasteiger charge is 2.21. The molecule has 0 bridgehead atoms. The first-order chi connectivity index (χ1) is 16.6. The molecule has 0 aliphatic carbocycles. The lowest BCUT2D eigenvalue weighted by Crippen LogP contribution is -2.36. The Kier molecular flexibility index (Phi) is 4.54. The van der Waals surface area contributed by atoms with Gasteiger partial charge in [-0.05, 0) is 30.3 Å². The molecule has 0 saturated heterocycles. The Morgan fingerprint density at radius 2 is 2.09 bits per heavy atom. The minimum absolute atomic E-state index is 0.0981. The molecule has 11 heteroatoms. The molecule has 1 atom stereocenters. The minimum atomic E-state index is -0.539. The van der Waals surface area contributed by atoms with Gasteiger partial charge in [-0.2, -0.15) is 10.1 Å². The zero-order valence-corrected chi connectivity index (χ0v) is 17.7. The van der Waals surface area contributed by atoms with Gasteiger partial charge in [0.05, 0.1) is 47.0 Å². The number of aromatic nitrogens is 5. The van der Waals surface area contributed by atoms with Crippen LogP contribution in [0, 0.1) is 5.82 Å². The molecule has 0 radical (unpaired) electrons. The Hall–Kier alpha value is -4.67. The normalized spacial score (nSPS) is 15.0. The van der Waals surface area contributed by atoms with Gasteiger partial charge in [0.25, 0.3) is 5.56 Å². The van der Waals surface area contributed by atoms with Gasteiger partial charge in [-0.1, -0.05) is 12.1 Å². The quantitative estimate of drug-likeness (QED) is 0.302. The molecule has 0 spiro atoms. The van der Waals surface area contributed by atoms with Crippen molar-refractivity contribution in [3.8, 4) is 11.4 Å². The van der Waals surface area contributed by atoms with Crippen LogP contribution in [0.25, 0.3) is 27.6 Å². The van der Waals surface area contributed by atoms with E-state index in [1.165, 1.54) is 22.9 Å². The van der Waals surface area contributed by atoms with Gasteiger partial charge < -0.3 is 21.1 Å². The fourth-order valence-corrected chi connectivity index (χ4v) is 4.08. The summed E-state index contributed by atoms with van der Waals surface area (Å²) in [7, 11) is 0. The highest BCUT2D eigenvalue weighted by Crippen LogP contribution is 2.31. The van der Waals surface area contributed by atoms with Crippen LogP contribution in [0.1, 0.15) is 0 Å². The molecule has 1 aliphatic rings. The Bertz CT molecular complexity index is 1610.